The lowest BCUT2D eigenvalue weighted by atomic mass is 9.99. The zero-order valence-corrected chi connectivity index (χ0v) is 6.99. The summed E-state index contributed by atoms with van der Waals surface area (Å²) in [6.45, 7) is 10.7. The van der Waals surface area contributed by atoms with Crippen LogP contribution in [0.25, 0.3) is 0 Å². The maximum Gasteiger partial charge on any atom is 0.0195 e. The molecule has 9 heavy (non-hydrogen) atoms. The van der Waals surface area contributed by atoms with E-state index in [1.165, 1.54) is 12.8 Å². The van der Waals surface area contributed by atoms with Gasteiger partial charge in [-0.05, 0) is 27.2 Å². The number of nitrogens with one attached hydrogen (secondary N) is 1. The summed E-state index contributed by atoms with van der Waals surface area (Å²) in [6, 6.07) is 0. The molecule has 0 amide bonds. The molecule has 0 aliphatic rings. The van der Waals surface area contributed by atoms with Gasteiger partial charge in [0.05, 0.1) is 0 Å². The minimum absolute atomic E-state index is 0.295. The lowest BCUT2D eigenvalue weighted by Gasteiger charge is -2.24. The average Bonchev–Trinajstić information content (AvgIpc) is 1.64. The molecule has 0 aliphatic carbocycles. The number of hydrogen-bond donors (Lipinski definition) is 1. The fourth-order valence-corrected chi connectivity index (χ4v) is 1.09. The minimum Gasteiger partial charge on any atom is -0.308 e. The third-order valence-corrected chi connectivity index (χ3v) is 1.41. The van der Waals surface area contributed by atoms with Crippen LogP contribution in [0.2, 0.25) is 0 Å². The lowest BCUT2D eigenvalue weighted by Crippen LogP contribution is -2.36. The van der Waals surface area contributed by atoms with Crippen molar-refractivity contribution in [2.75, 3.05) is 0 Å². The molecule has 0 atom stereocenters. The van der Waals surface area contributed by atoms with E-state index in [1.54, 1.807) is 0 Å². The lowest BCUT2D eigenvalue weighted by molar-refractivity contribution is 0.390. The van der Waals surface area contributed by atoms with E-state index < -0.39 is 0 Å². The quantitative estimate of drug-likeness (QED) is 0.612. The zero-order chi connectivity index (χ0) is 7.33. The summed E-state index contributed by atoms with van der Waals surface area (Å²) >= 11 is 0. The molecular weight excluding hydrogens is 110 g/mol. The molecule has 0 aromatic heterocycles. The molecular formula is C8H18N. The van der Waals surface area contributed by atoms with Crippen molar-refractivity contribution in [3.63, 3.8) is 0 Å². The maximum absolute atomic E-state index is 3.30. The Morgan fingerprint density at radius 2 is 2.00 bits per heavy atom. The minimum atomic E-state index is 0.295. The van der Waals surface area contributed by atoms with Crippen molar-refractivity contribution in [1.29, 1.82) is 0 Å². The van der Waals surface area contributed by atoms with Crippen LogP contribution in [0.4, 0.5) is 0 Å². The van der Waals surface area contributed by atoms with Crippen molar-refractivity contribution >= 4 is 0 Å². The van der Waals surface area contributed by atoms with Gasteiger partial charge < -0.3 is 5.32 Å². The molecule has 55 valence electrons. The van der Waals surface area contributed by atoms with Gasteiger partial charge in [-0.15, -0.1) is 0 Å². The molecule has 0 aromatic carbocycles. The van der Waals surface area contributed by atoms with Crippen LogP contribution in [0.15, 0.2) is 0 Å². The van der Waals surface area contributed by atoms with E-state index in [9.17, 15) is 0 Å². The van der Waals surface area contributed by atoms with Gasteiger partial charge in [-0.25, -0.2) is 0 Å². The standard InChI is InChI=1S/C8H18N/c1-5-7-8(3,4)9-6-2/h6,9H,5,7H2,1-4H3. The first-order valence-electron chi connectivity index (χ1n) is 3.68. The molecule has 1 radical (unpaired) electrons. The highest BCUT2D eigenvalue weighted by molar-refractivity contribution is 4.78. The van der Waals surface area contributed by atoms with Crippen molar-refractivity contribution in [3.8, 4) is 0 Å². The SMILES string of the molecule is C[CH]NC(C)(C)CCC. The van der Waals surface area contributed by atoms with Gasteiger partial charge in [-0.3, -0.25) is 0 Å². The molecule has 1 nitrogen and oxygen atoms in total. The normalized spacial score (nSPS) is 12.0. The summed E-state index contributed by atoms with van der Waals surface area (Å²) in [5.41, 5.74) is 0.295. The van der Waals surface area contributed by atoms with Crippen LogP contribution in [0.5, 0.6) is 0 Å². The smallest absolute Gasteiger partial charge is 0.0195 e. The van der Waals surface area contributed by atoms with Crippen LogP contribution in [0, 0.1) is 6.54 Å². The first kappa shape index (κ1) is 8.96. The van der Waals surface area contributed by atoms with E-state index in [2.05, 4.69) is 26.1 Å². The van der Waals surface area contributed by atoms with Crippen LogP contribution >= 0.6 is 0 Å². The Bertz CT molecular complexity index is 59.0. The second-order valence-corrected chi connectivity index (χ2v) is 3.07. The summed E-state index contributed by atoms with van der Waals surface area (Å²) < 4.78 is 0. The van der Waals surface area contributed by atoms with E-state index >= 15 is 0 Å². The fourth-order valence-electron chi connectivity index (χ4n) is 1.09. The molecule has 1 N–H and O–H groups in total. The van der Waals surface area contributed by atoms with Gasteiger partial charge in [0.25, 0.3) is 0 Å². The molecule has 0 aromatic rings. The van der Waals surface area contributed by atoms with Crippen LogP contribution in [0.3, 0.4) is 0 Å². The highest BCUT2D eigenvalue weighted by Gasteiger charge is 2.12. The van der Waals surface area contributed by atoms with Gasteiger partial charge in [0.2, 0.25) is 0 Å². The molecule has 0 saturated carbocycles. The van der Waals surface area contributed by atoms with Crippen LogP contribution in [0.1, 0.15) is 40.5 Å². The molecule has 0 spiro atoms. The van der Waals surface area contributed by atoms with Crippen molar-refractivity contribution in [1.82, 2.24) is 5.32 Å². The Balaban J connectivity index is 3.43. The number of hydrogen-bond acceptors (Lipinski definition) is 1. The van der Waals surface area contributed by atoms with Gasteiger partial charge in [-0.2, -0.15) is 0 Å². The van der Waals surface area contributed by atoms with Gasteiger partial charge in [0.15, 0.2) is 0 Å². The van der Waals surface area contributed by atoms with Crippen molar-refractivity contribution in [2.24, 2.45) is 0 Å². The Labute approximate surface area is 58.8 Å². The van der Waals surface area contributed by atoms with Crippen LogP contribution < -0.4 is 5.32 Å². The fraction of sp³-hybridized carbons (Fsp3) is 0.875. The predicted octanol–water partition coefficient (Wildman–Crippen LogP) is 2.34. The Morgan fingerprint density at radius 3 is 2.33 bits per heavy atom. The van der Waals surface area contributed by atoms with E-state index in [1.807, 2.05) is 13.5 Å². The highest BCUT2D eigenvalue weighted by Crippen LogP contribution is 2.10. The molecule has 0 bridgehead atoms. The van der Waals surface area contributed by atoms with E-state index in [-0.39, 0.29) is 0 Å². The van der Waals surface area contributed by atoms with E-state index in [4.69, 9.17) is 0 Å². The summed E-state index contributed by atoms with van der Waals surface area (Å²) in [6.07, 6.45) is 2.48. The van der Waals surface area contributed by atoms with Crippen molar-refractivity contribution in [2.45, 2.75) is 46.1 Å². The monoisotopic (exact) mass is 128 g/mol. The molecule has 0 heterocycles. The molecule has 1 heteroatoms. The van der Waals surface area contributed by atoms with Crippen molar-refractivity contribution < 1.29 is 0 Å². The first-order chi connectivity index (χ1) is 4.12. The summed E-state index contributed by atoms with van der Waals surface area (Å²) in [7, 11) is 0. The summed E-state index contributed by atoms with van der Waals surface area (Å²) in [5, 5.41) is 3.30. The Morgan fingerprint density at radius 1 is 1.44 bits per heavy atom. The topological polar surface area (TPSA) is 12.0 Å². The average molecular weight is 128 g/mol. The van der Waals surface area contributed by atoms with E-state index in [0.717, 1.165) is 0 Å². The molecule has 0 fully saturated rings. The molecule has 0 unspecified atom stereocenters. The van der Waals surface area contributed by atoms with Crippen LogP contribution in [-0.4, -0.2) is 5.54 Å². The second-order valence-electron chi connectivity index (χ2n) is 3.07. The largest absolute Gasteiger partial charge is 0.308 e. The Hall–Kier alpha value is -0.0400. The first-order valence-corrected chi connectivity index (χ1v) is 3.68. The molecule has 0 aliphatic heterocycles. The van der Waals surface area contributed by atoms with Gasteiger partial charge in [0.1, 0.15) is 0 Å². The third kappa shape index (κ3) is 4.46. The molecule has 0 rings (SSSR count). The summed E-state index contributed by atoms with van der Waals surface area (Å²) in [5.74, 6) is 0. The van der Waals surface area contributed by atoms with E-state index in [0.29, 0.717) is 5.54 Å². The number of rotatable bonds is 4. The second kappa shape index (κ2) is 3.89. The van der Waals surface area contributed by atoms with Gasteiger partial charge in [-0.1, -0.05) is 13.3 Å². The van der Waals surface area contributed by atoms with Gasteiger partial charge >= 0.3 is 0 Å². The highest BCUT2D eigenvalue weighted by atomic mass is 14.9. The van der Waals surface area contributed by atoms with Crippen molar-refractivity contribution in [3.05, 3.63) is 6.54 Å². The maximum atomic E-state index is 3.30. The van der Waals surface area contributed by atoms with Gasteiger partial charge in [0, 0.05) is 12.1 Å². The Kier molecular flexibility index (Phi) is 3.87. The summed E-state index contributed by atoms with van der Waals surface area (Å²) in [4.78, 5) is 0. The predicted molar refractivity (Wildman–Crippen MR) is 42.1 cm³/mol. The van der Waals surface area contributed by atoms with Crippen LogP contribution in [-0.2, 0) is 0 Å². The molecule has 0 saturated heterocycles. The third-order valence-electron chi connectivity index (χ3n) is 1.41. The zero-order valence-electron chi connectivity index (χ0n) is 6.99.